The van der Waals surface area contributed by atoms with Crippen LogP contribution in [0.5, 0.6) is 0 Å². The first kappa shape index (κ1) is 20.0. The molecule has 1 aliphatic heterocycles. The summed E-state index contributed by atoms with van der Waals surface area (Å²) < 4.78 is 0. The molecule has 1 atom stereocenters. The monoisotopic (exact) mass is 343 g/mol. The van der Waals surface area contributed by atoms with E-state index in [0.717, 1.165) is 45.2 Å². The van der Waals surface area contributed by atoms with Crippen molar-refractivity contribution in [1.29, 1.82) is 0 Å². The molecule has 1 aliphatic carbocycles. The molecule has 0 bridgehead atoms. The molecule has 6 heteroatoms. The van der Waals surface area contributed by atoms with E-state index in [1.807, 2.05) is 6.92 Å². The summed E-state index contributed by atoms with van der Waals surface area (Å²) in [5.74, 6) is 0.288. The highest BCUT2D eigenvalue weighted by molar-refractivity contribution is 5.85. The van der Waals surface area contributed by atoms with Crippen LogP contribution < -0.4 is 16.0 Å². The van der Waals surface area contributed by atoms with E-state index in [2.05, 4.69) is 22.0 Å². The molecule has 23 heavy (non-hydrogen) atoms. The molecule has 0 aromatic heterocycles. The first-order valence-corrected chi connectivity index (χ1v) is 8.61. The Balaban J connectivity index is 0.00000264. The molecule has 2 rings (SSSR count). The van der Waals surface area contributed by atoms with Crippen molar-refractivity contribution < 1.29 is 9.59 Å². The molecule has 1 fully saturated rings. The summed E-state index contributed by atoms with van der Waals surface area (Å²) >= 11 is 0. The number of rotatable bonds is 6. The van der Waals surface area contributed by atoms with Crippen LogP contribution in [0.2, 0.25) is 0 Å². The van der Waals surface area contributed by atoms with E-state index in [4.69, 9.17) is 0 Å². The molecule has 2 amide bonds. The van der Waals surface area contributed by atoms with Gasteiger partial charge < -0.3 is 16.0 Å². The standard InChI is InChI=1S/C17H29N3O2.ClH/c1-13(20-17(22)15-5-3-2-4-6-15)11-16(21)19-12-14-7-9-18-10-8-14;/h7,13,15,18H,2-6,8-12H2,1H3,(H,19,21)(H,20,22);1H. The van der Waals surface area contributed by atoms with Crippen molar-refractivity contribution in [2.24, 2.45) is 5.92 Å². The molecule has 2 aliphatic rings. The molecule has 1 heterocycles. The van der Waals surface area contributed by atoms with Gasteiger partial charge in [-0.3, -0.25) is 9.59 Å². The van der Waals surface area contributed by atoms with Gasteiger partial charge >= 0.3 is 0 Å². The van der Waals surface area contributed by atoms with Crippen molar-refractivity contribution in [1.82, 2.24) is 16.0 Å². The van der Waals surface area contributed by atoms with E-state index in [-0.39, 0.29) is 36.2 Å². The number of nitrogens with one attached hydrogen (secondary N) is 3. The van der Waals surface area contributed by atoms with E-state index < -0.39 is 0 Å². The third-order valence-electron chi connectivity index (χ3n) is 4.53. The minimum absolute atomic E-state index is 0. The second-order valence-corrected chi connectivity index (χ2v) is 6.54. The molecule has 5 nitrogen and oxygen atoms in total. The molecule has 1 unspecified atom stereocenters. The van der Waals surface area contributed by atoms with E-state index in [0.29, 0.717) is 13.0 Å². The Morgan fingerprint density at radius 3 is 2.70 bits per heavy atom. The van der Waals surface area contributed by atoms with Crippen LogP contribution in [0.3, 0.4) is 0 Å². The largest absolute Gasteiger partial charge is 0.353 e. The number of halogens is 1. The van der Waals surface area contributed by atoms with Crippen LogP contribution >= 0.6 is 12.4 Å². The van der Waals surface area contributed by atoms with Crippen molar-refractivity contribution in [2.75, 3.05) is 19.6 Å². The molecule has 0 spiro atoms. The van der Waals surface area contributed by atoms with Gasteiger partial charge in [0.05, 0.1) is 0 Å². The van der Waals surface area contributed by atoms with Gasteiger partial charge in [0.25, 0.3) is 0 Å². The predicted octanol–water partition coefficient (Wildman–Crippen LogP) is 1.92. The second-order valence-electron chi connectivity index (χ2n) is 6.54. The SMILES string of the molecule is CC(CC(=O)NCC1=CCNCC1)NC(=O)C1CCCCC1.Cl. The number of hydrogen-bond acceptors (Lipinski definition) is 3. The van der Waals surface area contributed by atoms with Crippen LogP contribution in [-0.2, 0) is 9.59 Å². The Morgan fingerprint density at radius 1 is 1.30 bits per heavy atom. The highest BCUT2D eigenvalue weighted by Gasteiger charge is 2.22. The molecule has 0 radical (unpaired) electrons. The van der Waals surface area contributed by atoms with E-state index in [1.165, 1.54) is 12.0 Å². The molecule has 3 N–H and O–H groups in total. The Hall–Kier alpha value is -1.07. The summed E-state index contributed by atoms with van der Waals surface area (Å²) in [5.41, 5.74) is 1.28. The highest BCUT2D eigenvalue weighted by atomic mass is 35.5. The Bertz CT molecular complexity index is 420. The van der Waals surface area contributed by atoms with Crippen molar-refractivity contribution in [3.8, 4) is 0 Å². The topological polar surface area (TPSA) is 70.2 Å². The molecular formula is C17H30ClN3O2. The van der Waals surface area contributed by atoms with Crippen LogP contribution in [-0.4, -0.2) is 37.5 Å². The molecule has 0 saturated heterocycles. The number of carbonyl (C=O) groups is 2. The normalized spacial score (nSPS) is 20.0. The highest BCUT2D eigenvalue weighted by Crippen LogP contribution is 2.23. The molecule has 0 aromatic carbocycles. The first-order chi connectivity index (χ1) is 10.6. The third kappa shape index (κ3) is 7.36. The van der Waals surface area contributed by atoms with Gasteiger partial charge in [-0.15, -0.1) is 12.4 Å². The zero-order valence-corrected chi connectivity index (χ0v) is 14.8. The van der Waals surface area contributed by atoms with E-state index >= 15 is 0 Å². The Morgan fingerprint density at radius 2 is 2.04 bits per heavy atom. The summed E-state index contributed by atoms with van der Waals surface area (Å²) in [6.07, 6.45) is 9.01. The number of hydrogen-bond donors (Lipinski definition) is 3. The summed E-state index contributed by atoms with van der Waals surface area (Å²) in [4.78, 5) is 24.1. The number of carbonyl (C=O) groups excluding carboxylic acids is 2. The van der Waals surface area contributed by atoms with Crippen molar-refractivity contribution in [2.45, 2.75) is 57.9 Å². The fourth-order valence-electron chi connectivity index (χ4n) is 3.17. The zero-order valence-electron chi connectivity index (χ0n) is 14.0. The summed E-state index contributed by atoms with van der Waals surface area (Å²) in [5, 5.41) is 9.19. The maximum Gasteiger partial charge on any atom is 0.223 e. The first-order valence-electron chi connectivity index (χ1n) is 8.61. The lowest BCUT2D eigenvalue weighted by molar-refractivity contribution is -0.127. The lowest BCUT2D eigenvalue weighted by atomic mass is 9.88. The molecular weight excluding hydrogens is 314 g/mol. The quantitative estimate of drug-likeness (QED) is 0.645. The average Bonchev–Trinajstić information content (AvgIpc) is 2.54. The average molecular weight is 344 g/mol. The molecule has 1 saturated carbocycles. The molecule has 132 valence electrons. The maximum atomic E-state index is 12.1. The van der Waals surface area contributed by atoms with Crippen LogP contribution in [0.1, 0.15) is 51.9 Å². The van der Waals surface area contributed by atoms with Gasteiger partial charge in [-0.1, -0.05) is 30.9 Å². The van der Waals surface area contributed by atoms with Crippen molar-refractivity contribution in [3.05, 3.63) is 11.6 Å². The maximum absolute atomic E-state index is 12.1. The van der Waals surface area contributed by atoms with Gasteiger partial charge in [-0.25, -0.2) is 0 Å². The summed E-state index contributed by atoms with van der Waals surface area (Å²) in [6, 6.07) is -0.101. The summed E-state index contributed by atoms with van der Waals surface area (Å²) in [6.45, 7) is 4.41. The van der Waals surface area contributed by atoms with Crippen LogP contribution in [0.4, 0.5) is 0 Å². The van der Waals surface area contributed by atoms with E-state index in [1.54, 1.807) is 0 Å². The second kappa shape index (κ2) is 10.7. The van der Waals surface area contributed by atoms with Crippen LogP contribution in [0.25, 0.3) is 0 Å². The van der Waals surface area contributed by atoms with E-state index in [9.17, 15) is 9.59 Å². The van der Waals surface area contributed by atoms with Crippen LogP contribution in [0.15, 0.2) is 11.6 Å². The van der Waals surface area contributed by atoms with Gasteiger partial charge in [0.1, 0.15) is 0 Å². The van der Waals surface area contributed by atoms with Gasteiger partial charge in [0.2, 0.25) is 11.8 Å². The Kier molecular flexibility index (Phi) is 9.26. The van der Waals surface area contributed by atoms with Gasteiger partial charge in [-0.2, -0.15) is 0 Å². The zero-order chi connectivity index (χ0) is 15.8. The predicted molar refractivity (Wildman–Crippen MR) is 94.6 cm³/mol. The molecule has 0 aromatic rings. The van der Waals surface area contributed by atoms with Crippen molar-refractivity contribution >= 4 is 24.2 Å². The fourth-order valence-corrected chi connectivity index (χ4v) is 3.17. The van der Waals surface area contributed by atoms with Crippen molar-refractivity contribution in [3.63, 3.8) is 0 Å². The summed E-state index contributed by atoms with van der Waals surface area (Å²) in [7, 11) is 0. The minimum Gasteiger partial charge on any atom is -0.353 e. The van der Waals surface area contributed by atoms with Gasteiger partial charge in [0.15, 0.2) is 0 Å². The third-order valence-corrected chi connectivity index (χ3v) is 4.53. The fraction of sp³-hybridized carbons (Fsp3) is 0.765. The lowest BCUT2D eigenvalue weighted by Crippen LogP contribution is -2.41. The van der Waals surface area contributed by atoms with Gasteiger partial charge in [0, 0.05) is 31.5 Å². The van der Waals surface area contributed by atoms with Crippen LogP contribution in [0, 0.1) is 5.92 Å². The smallest absolute Gasteiger partial charge is 0.223 e. The minimum atomic E-state index is -0.101. The Labute approximate surface area is 145 Å². The van der Waals surface area contributed by atoms with Gasteiger partial charge in [-0.05, 0) is 32.7 Å². The number of amides is 2. The lowest BCUT2D eigenvalue weighted by Gasteiger charge is -2.23.